The molecule has 0 aliphatic carbocycles. The highest BCUT2D eigenvalue weighted by atomic mass is 16.6. The van der Waals surface area contributed by atoms with Crippen molar-refractivity contribution < 1.29 is 9.47 Å². The lowest BCUT2D eigenvalue weighted by atomic mass is 9.85. The molecule has 0 spiro atoms. The van der Waals surface area contributed by atoms with Crippen molar-refractivity contribution in [3.05, 3.63) is 0 Å². The van der Waals surface area contributed by atoms with Gasteiger partial charge in [0.15, 0.2) is 0 Å². The Labute approximate surface area is 101 Å². The Balaban J connectivity index is 0.000000606. The van der Waals surface area contributed by atoms with Crippen LogP contribution in [0.5, 0.6) is 0 Å². The van der Waals surface area contributed by atoms with Crippen molar-refractivity contribution in [3.63, 3.8) is 0 Å². The quantitative estimate of drug-likeness (QED) is 0.721. The fraction of sp³-hybridized carbons (Fsp3) is 1.00. The summed E-state index contributed by atoms with van der Waals surface area (Å²) in [4.78, 5) is 0. The number of fused-ring (bicyclic) bond motifs is 1. The average molecular weight is 228 g/mol. The smallest absolute Gasteiger partial charge is 0.0893 e. The van der Waals surface area contributed by atoms with Gasteiger partial charge in [-0.25, -0.2) is 0 Å². The maximum Gasteiger partial charge on any atom is 0.0893 e. The van der Waals surface area contributed by atoms with Crippen LogP contribution >= 0.6 is 0 Å². The van der Waals surface area contributed by atoms with E-state index in [0.29, 0.717) is 35.9 Å². The average Bonchev–Trinajstić information content (AvgIpc) is 2.78. The second-order valence-corrected chi connectivity index (χ2v) is 5.41. The predicted molar refractivity (Wildman–Crippen MR) is 67.5 cm³/mol. The monoisotopic (exact) mass is 228 g/mol. The van der Waals surface area contributed by atoms with Gasteiger partial charge in [0.25, 0.3) is 0 Å². The first-order chi connectivity index (χ1) is 7.61. The van der Waals surface area contributed by atoms with Gasteiger partial charge in [-0.1, -0.05) is 41.5 Å². The van der Waals surface area contributed by atoms with Crippen molar-refractivity contribution in [1.29, 1.82) is 0 Å². The molecule has 2 heteroatoms. The van der Waals surface area contributed by atoms with E-state index in [1.807, 2.05) is 13.8 Å². The molecule has 0 aromatic rings. The summed E-state index contributed by atoms with van der Waals surface area (Å²) in [6, 6.07) is 0. The van der Waals surface area contributed by atoms with Crippen LogP contribution in [0.25, 0.3) is 0 Å². The van der Waals surface area contributed by atoms with Gasteiger partial charge in [-0.3, -0.25) is 0 Å². The maximum absolute atomic E-state index is 5.90. The first-order valence-corrected chi connectivity index (χ1v) is 6.84. The van der Waals surface area contributed by atoms with Gasteiger partial charge in [0, 0.05) is 11.8 Å². The molecule has 4 atom stereocenters. The molecule has 0 N–H and O–H groups in total. The minimum atomic E-state index is 0.377. The summed E-state index contributed by atoms with van der Waals surface area (Å²) in [5.41, 5.74) is 0. The van der Waals surface area contributed by atoms with Crippen LogP contribution in [0.2, 0.25) is 0 Å². The van der Waals surface area contributed by atoms with Gasteiger partial charge in [0.05, 0.1) is 25.4 Å². The second kappa shape index (κ2) is 6.02. The third-order valence-corrected chi connectivity index (χ3v) is 3.84. The summed E-state index contributed by atoms with van der Waals surface area (Å²) in [5.74, 6) is 2.58. The topological polar surface area (TPSA) is 18.5 Å². The van der Waals surface area contributed by atoms with E-state index in [4.69, 9.17) is 9.47 Å². The highest BCUT2D eigenvalue weighted by molar-refractivity contribution is 4.95. The van der Waals surface area contributed by atoms with E-state index in [2.05, 4.69) is 27.7 Å². The summed E-state index contributed by atoms with van der Waals surface area (Å²) < 4.78 is 11.8. The molecule has 2 aliphatic heterocycles. The highest BCUT2D eigenvalue weighted by Crippen LogP contribution is 2.40. The van der Waals surface area contributed by atoms with E-state index in [1.54, 1.807) is 0 Å². The molecule has 0 radical (unpaired) electrons. The van der Waals surface area contributed by atoms with Gasteiger partial charge < -0.3 is 9.47 Å². The molecular formula is C14H28O2. The molecule has 0 aromatic carbocycles. The van der Waals surface area contributed by atoms with Crippen LogP contribution < -0.4 is 0 Å². The van der Waals surface area contributed by atoms with E-state index < -0.39 is 0 Å². The molecular weight excluding hydrogens is 200 g/mol. The number of hydrogen-bond donors (Lipinski definition) is 0. The Morgan fingerprint density at radius 3 is 1.31 bits per heavy atom. The summed E-state index contributed by atoms with van der Waals surface area (Å²) in [6.07, 6.45) is 0.754. The SMILES string of the molecule is CC.CC(C)C1CO[C@@H]2[C@@H](C(C)C)CO[C@H]12. The largest absolute Gasteiger partial charge is 0.375 e. The second-order valence-electron chi connectivity index (χ2n) is 5.41. The van der Waals surface area contributed by atoms with Crippen LogP contribution in [-0.2, 0) is 9.47 Å². The number of ether oxygens (including phenoxy) is 2. The van der Waals surface area contributed by atoms with Crippen LogP contribution in [-0.4, -0.2) is 25.4 Å². The lowest BCUT2D eigenvalue weighted by Gasteiger charge is -2.20. The lowest BCUT2D eigenvalue weighted by Crippen LogP contribution is -2.30. The lowest BCUT2D eigenvalue weighted by molar-refractivity contribution is 0.0537. The minimum absolute atomic E-state index is 0.377. The van der Waals surface area contributed by atoms with E-state index >= 15 is 0 Å². The van der Waals surface area contributed by atoms with Crippen molar-refractivity contribution in [3.8, 4) is 0 Å². The third kappa shape index (κ3) is 2.60. The summed E-state index contributed by atoms with van der Waals surface area (Å²) in [7, 11) is 0. The Bertz CT molecular complexity index is 179. The molecule has 2 heterocycles. The molecule has 0 saturated carbocycles. The predicted octanol–water partition coefficient (Wildman–Crippen LogP) is 3.35. The van der Waals surface area contributed by atoms with Crippen LogP contribution in [0.1, 0.15) is 41.5 Å². The Morgan fingerprint density at radius 1 is 0.750 bits per heavy atom. The van der Waals surface area contributed by atoms with Crippen molar-refractivity contribution in [2.75, 3.05) is 13.2 Å². The van der Waals surface area contributed by atoms with Crippen molar-refractivity contribution in [1.82, 2.24) is 0 Å². The van der Waals surface area contributed by atoms with Gasteiger partial charge in [0.1, 0.15) is 0 Å². The first-order valence-electron chi connectivity index (χ1n) is 6.84. The Hall–Kier alpha value is -0.0800. The van der Waals surface area contributed by atoms with Gasteiger partial charge in [-0.2, -0.15) is 0 Å². The van der Waals surface area contributed by atoms with Crippen molar-refractivity contribution in [2.24, 2.45) is 23.7 Å². The molecule has 0 amide bonds. The molecule has 2 rings (SSSR count). The fourth-order valence-corrected chi connectivity index (χ4v) is 2.70. The minimum Gasteiger partial charge on any atom is -0.375 e. The van der Waals surface area contributed by atoms with Gasteiger partial charge in [0.2, 0.25) is 0 Å². The van der Waals surface area contributed by atoms with Crippen LogP contribution in [0.4, 0.5) is 0 Å². The normalized spacial score (nSPS) is 37.5. The summed E-state index contributed by atoms with van der Waals surface area (Å²) in [5, 5.41) is 0. The zero-order valence-corrected chi connectivity index (χ0v) is 11.7. The zero-order valence-electron chi connectivity index (χ0n) is 11.7. The summed E-state index contributed by atoms with van der Waals surface area (Å²) in [6.45, 7) is 14.9. The molecule has 0 bridgehead atoms. The molecule has 2 fully saturated rings. The number of hydrogen-bond acceptors (Lipinski definition) is 2. The molecule has 2 aliphatic rings. The third-order valence-electron chi connectivity index (χ3n) is 3.84. The van der Waals surface area contributed by atoms with Crippen molar-refractivity contribution >= 4 is 0 Å². The number of rotatable bonds is 2. The fourth-order valence-electron chi connectivity index (χ4n) is 2.70. The molecule has 1 unspecified atom stereocenters. The summed E-state index contributed by atoms with van der Waals surface area (Å²) >= 11 is 0. The molecule has 16 heavy (non-hydrogen) atoms. The van der Waals surface area contributed by atoms with E-state index in [-0.39, 0.29) is 0 Å². The Morgan fingerprint density at radius 2 is 1.06 bits per heavy atom. The first kappa shape index (κ1) is 14.0. The van der Waals surface area contributed by atoms with Gasteiger partial charge >= 0.3 is 0 Å². The van der Waals surface area contributed by atoms with E-state index in [1.165, 1.54) is 0 Å². The molecule has 0 aromatic heterocycles. The van der Waals surface area contributed by atoms with E-state index in [9.17, 15) is 0 Å². The van der Waals surface area contributed by atoms with E-state index in [0.717, 1.165) is 13.2 Å². The van der Waals surface area contributed by atoms with Crippen LogP contribution in [0.15, 0.2) is 0 Å². The van der Waals surface area contributed by atoms with Crippen LogP contribution in [0, 0.1) is 23.7 Å². The van der Waals surface area contributed by atoms with Crippen LogP contribution in [0.3, 0.4) is 0 Å². The maximum atomic E-state index is 5.90. The van der Waals surface area contributed by atoms with Gasteiger partial charge in [-0.15, -0.1) is 0 Å². The standard InChI is InChI=1S/C12H22O2.C2H6/c1-7(2)9-5-13-12-10(8(3)4)6-14-11(9)12;1-2/h7-12H,5-6H2,1-4H3;1-2H3/t9-,10?,11-,12-;/m1./s1. The Kier molecular flexibility index (Phi) is 5.26. The molecule has 2 saturated heterocycles. The van der Waals surface area contributed by atoms with Gasteiger partial charge in [-0.05, 0) is 11.8 Å². The zero-order chi connectivity index (χ0) is 12.3. The van der Waals surface area contributed by atoms with Crippen molar-refractivity contribution in [2.45, 2.75) is 53.8 Å². The molecule has 2 nitrogen and oxygen atoms in total. The molecule has 96 valence electrons. The highest BCUT2D eigenvalue weighted by Gasteiger charge is 2.48.